The molecule has 0 aliphatic heterocycles. The van der Waals surface area contributed by atoms with Crippen LogP contribution in [0.15, 0.2) is 52.1 Å². The van der Waals surface area contributed by atoms with Gasteiger partial charge in [-0.3, -0.25) is 9.98 Å². The Hall–Kier alpha value is -3.36. The van der Waals surface area contributed by atoms with E-state index in [1.165, 1.54) is 12.1 Å². The smallest absolute Gasteiger partial charge is 0.276 e. The van der Waals surface area contributed by atoms with Gasteiger partial charge in [-0.25, -0.2) is 8.78 Å². The highest BCUT2D eigenvalue weighted by Crippen LogP contribution is 2.17. The predicted octanol–water partition coefficient (Wildman–Crippen LogP) is 3.27. The number of hydrogen-bond acceptors (Lipinski definition) is 5. The summed E-state index contributed by atoms with van der Waals surface area (Å²) in [7, 11) is 0. The molecule has 0 aliphatic rings. The van der Waals surface area contributed by atoms with Gasteiger partial charge in [-0.15, -0.1) is 0 Å². The summed E-state index contributed by atoms with van der Waals surface area (Å²) >= 11 is 0. The molecule has 3 aromatic rings. The van der Waals surface area contributed by atoms with Crippen LogP contribution in [-0.2, 0) is 6.42 Å². The Balaban J connectivity index is 1.61. The molecule has 7 nitrogen and oxygen atoms in total. The van der Waals surface area contributed by atoms with E-state index in [1.54, 1.807) is 19.2 Å². The van der Waals surface area contributed by atoms with E-state index in [0.29, 0.717) is 48.4 Å². The third-order valence-electron chi connectivity index (χ3n) is 4.08. The number of benzene rings is 1. The third-order valence-corrected chi connectivity index (χ3v) is 4.08. The molecule has 1 unspecified atom stereocenters. The van der Waals surface area contributed by atoms with E-state index in [4.69, 9.17) is 4.52 Å². The molecular formula is C20H22F2N6O. The normalized spacial score (nSPS) is 12.6. The highest BCUT2D eigenvalue weighted by atomic mass is 19.1. The summed E-state index contributed by atoms with van der Waals surface area (Å²) < 4.78 is 32.3. The van der Waals surface area contributed by atoms with Crippen molar-refractivity contribution in [2.45, 2.75) is 26.3 Å². The topological polar surface area (TPSA) is 88.2 Å². The van der Waals surface area contributed by atoms with Crippen molar-refractivity contribution in [1.29, 1.82) is 0 Å². The van der Waals surface area contributed by atoms with E-state index < -0.39 is 17.7 Å². The van der Waals surface area contributed by atoms with Crippen molar-refractivity contribution >= 4 is 5.96 Å². The summed E-state index contributed by atoms with van der Waals surface area (Å²) in [5.74, 6) is 0.175. The van der Waals surface area contributed by atoms with Gasteiger partial charge in [0.2, 0.25) is 0 Å². The molecule has 0 saturated carbocycles. The molecule has 9 heteroatoms. The van der Waals surface area contributed by atoms with Crippen LogP contribution in [0.4, 0.5) is 8.78 Å². The number of hydrogen-bond donors (Lipinski definition) is 2. The second-order valence-electron chi connectivity index (χ2n) is 6.27. The van der Waals surface area contributed by atoms with Crippen molar-refractivity contribution in [2.24, 2.45) is 4.99 Å². The lowest BCUT2D eigenvalue weighted by atomic mass is 10.1. The lowest BCUT2D eigenvalue weighted by Gasteiger charge is -2.18. The molecule has 152 valence electrons. The highest BCUT2D eigenvalue weighted by Gasteiger charge is 2.14. The molecule has 0 radical (unpaired) electrons. The number of nitrogens with zero attached hydrogens (tertiary/aromatic N) is 4. The Kier molecular flexibility index (Phi) is 6.83. The second-order valence-corrected chi connectivity index (χ2v) is 6.27. The first-order valence-electron chi connectivity index (χ1n) is 9.30. The molecule has 3 rings (SSSR count). The quantitative estimate of drug-likeness (QED) is 0.468. The Labute approximate surface area is 167 Å². The number of aromatic nitrogens is 3. The number of nitrogens with one attached hydrogen (secondary N) is 2. The molecule has 0 aliphatic carbocycles. The molecule has 0 saturated heterocycles. The molecule has 0 bridgehead atoms. The van der Waals surface area contributed by atoms with E-state index in [0.717, 1.165) is 6.07 Å². The van der Waals surface area contributed by atoms with Crippen molar-refractivity contribution in [3.63, 3.8) is 0 Å². The van der Waals surface area contributed by atoms with Crippen molar-refractivity contribution in [3.8, 4) is 11.6 Å². The maximum absolute atomic E-state index is 14.0. The first-order valence-corrected chi connectivity index (χ1v) is 9.30. The number of pyridine rings is 1. The van der Waals surface area contributed by atoms with Crippen LogP contribution in [0, 0.1) is 11.6 Å². The fourth-order valence-electron chi connectivity index (χ4n) is 2.67. The first kappa shape index (κ1) is 20.4. The van der Waals surface area contributed by atoms with Gasteiger partial charge in [0.1, 0.15) is 17.3 Å². The molecule has 2 heterocycles. The van der Waals surface area contributed by atoms with Crippen LogP contribution < -0.4 is 10.6 Å². The van der Waals surface area contributed by atoms with Gasteiger partial charge in [0.25, 0.3) is 5.89 Å². The van der Waals surface area contributed by atoms with Gasteiger partial charge in [-0.1, -0.05) is 17.3 Å². The molecule has 2 aromatic heterocycles. The van der Waals surface area contributed by atoms with Gasteiger partial charge in [0, 0.05) is 37.3 Å². The van der Waals surface area contributed by atoms with Crippen LogP contribution in [0.1, 0.15) is 31.3 Å². The summed E-state index contributed by atoms with van der Waals surface area (Å²) in [6.45, 7) is 4.74. The van der Waals surface area contributed by atoms with Crippen LogP contribution >= 0.6 is 0 Å². The zero-order valence-electron chi connectivity index (χ0n) is 16.2. The Morgan fingerprint density at radius 1 is 1.24 bits per heavy atom. The van der Waals surface area contributed by atoms with Gasteiger partial charge in [0.15, 0.2) is 11.8 Å². The Morgan fingerprint density at radius 3 is 2.83 bits per heavy atom. The molecule has 29 heavy (non-hydrogen) atoms. The minimum Gasteiger partial charge on any atom is -0.357 e. The molecule has 2 N–H and O–H groups in total. The summed E-state index contributed by atoms with van der Waals surface area (Å²) in [6.07, 6.45) is 2.12. The number of halogens is 2. The first-order chi connectivity index (χ1) is 14.1. The van der Waals surface area contributed by atoms with Crippen LogP contribution in [0.3, 0.4) is 0 Å². The van der Waals surface area contributed by atoms with Crippen molar-refractivity contribution in [1.82, 2.24) is 25.8 Å². The van der Waals surface area contributed by atoms with Gasteiger partial charge in [-0.2, -0.15) is 4.98 Å². The minimum absolute atomic E-state index is 0.356. The highest BCUT2D eigenvalue weighted by molar-refractivity contribution is 5.80. The van der Waals surface area contributed by atoms with Crippen LogP contribution in [-0.4, -0.2) is 34.2 Å². The summed E-state index contributed by atoms with van der Waals surface area (Å²) in [5, 5.41) is 10.2. The van der Waals surface area contributed by atoms with Crippen LogP contribution in [0.5, 0.6) is 0 Å². The van der Waals surface area contributed by atoms with E-state index in [9.17, 15) is 8.78 Å². The minimum atomic E-state index is -0.607. The van der Waals surface area contributed by atoms with E-state index in [1.807, 2.05) is 19.1 Å². The monoisotopic (exact) mass is 400 g/mol. The lowest BCUT2D eigenvalue weighted by Crippen LogP contribution is -2.39. The Bertz CT molecular complexity index is 961. The van der Waals surface area contributed by atoms with Crippen LogP contribution in [0.25, 0.3) is 11.6 Å². The fourth-order valence-corrected chi connectivity index (χ4v) is 2.67. The third kappa shape index (κ3) is 5.56. The molecular weight excluding hydrogens is 378 g/mol. The fraction of sp³-hybridized carbons (Fsp3) is 0.300. The molecule has 1 atom stereocenters. The van der Waals surface area contributed by atoms with Crippen LogP contribution in [0.2, 0.25) is 0 Å². The zero-order chi connectivity index (χ0) is 20.6. The molecule has 1 aromatic carbocycles. The van der Waals surface area contributed by atoms with E-state index in [2.05, 4.69) is 30.8 Å². The van der Waals surface area contributed by atoms with Crippen molar-refractivity contribution in [2.75, 3.05) is 13.1 Å². The number of guanidine groups is 1. The average molecular weight is 400 g/mol. The molecule has 0 fully saturated rings. The van der Waals surface area contributed by atoms with E-state index >= 15 is 0 Å². The summed E-state index contributed by atoms with van der Waals surface area (Å²) in [4.78, 5) is 13.0. The molecule has 0 amide bonds. The van der Waals surface area contributed by atoms with Gasteiger partial charge < -0.3 is 15.2 Å². The largest absolute Gasteiger partial charge is 0.357 e. The molecule has 0 spiro atoms. The average Bonchev–Trinajstić information content (AvgIpc) is 3.17. The maximum atomic E-state index is 14.0. The maximum Gasteiger partial charge on any atom is 0.276 e. The van der Waals surface area contributed by atoms with Gasteiger partial charge in [0.05, 0.1) is 6.04 Å². The van der Waals surface area contributed by atoms with Gasteiger partial charge >= 0.3 is 0 Å². The Morgan fingerprint density at radius 2 is 2.10 bits per heavy atom. The lowest BCUT2D eigenvalue weighted by molar-refractivity contribution is 0.421. The summed E-state index contributed by atoms with van der Waals surface area (Å²) in [6, 6.07) is 8.57. The standard InChI is InChI=1S/C20H22F2N6O/c1-3-23-20(26-13(2)15-8-7-14(21)12-16(15)22)25-11-9-18-27-19(29-28-18)17-6-4-5-10-24-17/h4-8,10,12-13H,3,9,11H2,1-2H3,(H2,23,25,26). The second kappa shape index (κ2) is 9.72. The summed E-state index contributed by atoms with van der Waals surface area (Å²) in [5.41, 5.74) is 0.968. The predicted molar refractivity (Wildman–Crippen MR) is 105 cm³/mol. The SMILES string of the molecule is CCNC(=NCCc1noc(-c2ccccn2)n1)NC(C)c1ccc(F)cc1F. The van der Waals surface area contributed by atoms with Crippen molar-refractivity contribution < 1.29 is 13.3 Å². The van der Waals surface area contributed by atoms with Gasteiger partial charge in [-0.05, 0) is 32.0 Å². The number of rotatable bonds is 7. The zero-order valence-corrected chi connectivity index (χ0v) is 16.2. The van der Waals surface area contributed by atoms with E-state index in [-0.39, 0.29) is 0 Å². The number of aliphatic imine (C=N–C) groups is 1. The van der Waals surface area contributed by atoms with Crippen molar-refractivity contribution in [3.05, 3.63) is 65.6 Å².